The zero-order valence-corrected chi connectivity index (χ0v) is 17.3. The lowest BCUT2D eigenvalue weighted by Gasteiger charge is -2.28. The predicted molar refractivity (Wildman–Crippen MR) is 110 cm³/mol. The maximum absolute atomic E-state index is 12.9. The van der Waals surface area contributed by atoms with Crippen LogP contribution in [0.4, 0.5) is 0 Å². The molecule has 0 radical (unpaired) electrons. The third-order valence-corrected chi connectivity index (χ3v) is 7.77. The summed E-state index contributed by atoms with van der Waals surface area (Å²) in [5.74, 6) is 0.904. The second-order valence-corrected chi connectivity index (χ2v) is 10.9. The Kier molecular flexibility index (Phi) is 4.65. The Labute approximate surface area is 170 Å². The summed E-state index contributed by atoms with van der Waals surface area (Å²) in [5, 5.41) is 0. The van der Waals surface area contributed by atoms with E-state index in [1.165, 1.54) is 24.3 Å². The molecule has 2 heterocycles. The molecule has 2 aromatic carbocycles. The van der Waals surface area contributed by atoms with Gasteiger partial charge in [-0.3, -0.25) is 0 Å². The zero-order chi connectivity index (χ0) is 20.7. The number of aliphatic imine (C=N–C) groups is 1. The molecule has 4 rings (SSSR count). The largest absolute Gasteiger partial charge is 0.237 e. The molecule has 0 bridgehead atoms. The molecule has 0 saturated carbocycles. The number of fused-ring (bicyclic) bond motifs is 1. The molecule has 2 aromatic rings. The first kappa shape index (κ1) is 19.5. The topological polar surface area (TPSA) is 80.6 Å². The van der Waals surface area contributed by atoms with Crippen molar-refractivity contribution in [3.63, 3.8) is 0 Å². The average Bonchev–Trinajstić information content (AvgIpc) is 3.11. The molecule has 2 aliphatic rings. The molecule has 0 saturated heterocycles. The van der Waals surface area contributed by atoms with E-state index in [-0.39, 0.29) is 14.7 Å². The lowest BCUT2D eigenvalue weighted by atomic mass is 10.1. The lowest BCUT2D eigenvalue weighted by Crippen LogP contribution is -2.40. The molecule has 2 aliphatic heterocycles. The van der Waals surface area contributed by atoms with Crippen LogP contribution in [0.25, 0.3) is 0 Å². The van der Waals surface area contributed by atoms with Crippen LogP contribution in [-0.4, -0.2) is 33.4 Å². The summed E-state index contributed by atoms with van der Waals surface area (Å²) >= 11 is 0. The Hall–Kier alpha value is -2.81. The highest BCUT2D eigenvalue weighted by Gasteiger charge is 2.33. The van der Waals surface area contributed by atoms with E-state index in [2.05, 4.69) is 4.99 Å². The molecular formula is C21H19N2O4S2+. The summed E-state index contributed by atoms with van der Waals surface area (Å²) in [4.78, 5) is 4.42. The summed E-state index contributed by atoms with van der Waals surface area (Å²) in [6.45, 7) is 0.611. The van der Waals surface area contributed by atoms with Crippen LogP contribution in [0.5, 0.6) is 0 Å². The molecule has 0 aliphatic carbocycles. The summed E-state index contributed by atoms with van der Waals surface area (Å²) in [7, 11) is -7.32. The number of allylic oxidation sites excluding steroid dienone is 2. The van der Waals surface area contributed by atoms with Crippen molar-refractivity contribution in [2.75, 3.05) is 6.26 Å². The standard InChI is InChI=1S/C21H19N2O4S2/c1-28(24,25)19-5-4-6-20(15-19)29(26,27)18-10-8-17(9-11-18)16-23-13-3-2-7-21(23)22-12-14-23/h2-15H,16H2,1H3/q+1. The van der Waals surface area contributed by atoms with Crippen LogP contribution in [0.1, 0.15) is 5.56 Å². The Morgan fingerprint density at radius 3 is 2.31 bits per heavy atom. The van der Waals surface area contributed by atoms with Crippen molar-refractivity contribution in [3.8, 4) is 0 Å². The molecule has 8 heteroatoms. The number of rotatable bonds is 5. The Morgan fingerprint density at radius 1 is 0.862 bits per heavy atom. The molecule has 0 N–H and O–H groups in total. The molecule has 0 aromatic heterocycles. The molecule has 1 unspecified atom stereocenters. The van der Waals surface area contributed by atoms with Gasteiger partial charge in [0.25, 0.3) is 0 Å². The van der Waals surface area contributed by atoms with Crippen LogP contribution in [0.15, 0.2) is 105 Å². The number of sulfone groups is 2. The van der Waals surface area contributed by atoms with Crippen molar-refractivity contribution in [2.45, 2.75) is 21.2 Å². The normalized spacial score (nSPS) is 20.5. The van der Waals surface area contributed by atoms with Crippen molar-refractivity contribution < 1.29 is 21.3 Å². The molecule has 1 atom stereocenters. The van der Waals surface area contributed by atoms with E-state index in [4.69, 9.17) is 0 Å². The predicted octanol–water partition coefficient (Wildman–Crippen LogP) is 3.21. The molecular weight excluding hydrogens is 408 g/mol. The van der Waals surface area contributed by atoms with Gasteiger partial charge in [0.05, 0.1) is 20.9 Å². The second-order valence-electron chi connectivity index (χ2n) is 6.97. The van der Waals surface area contributed by atoms with Gasteiger partial charge in [-0.25, -0.2) is 21.3 Å². The fraction of sp³-hybridized carbons (Fsp3) is 0.0952. The molecule has 148 valence electrons. The fourth-order valence-corrected chi connectivity index (χ4v) is 5.38. The Balaban J connectivity index is 1.63. The number of quaternary nitrogens is 1. The number of hydrogen-bond acceptors (Lipinski definition) is 5. The average molecular weight is 428 g/mol. The third-order valence-electron chi connectivity index (χ3n) is 4.90. The van der Waals surface area contributed by atoms with Crippen LogP contribution in [-0.2, 0) is 26.2 Å². The highest BCUT2D eigenvalue weighted by molar-refractivity contribution is 7.92. The van der Waals surface area contributed by atoms with Crippen molar-refractivity contribution in [1.82, 2.24) is 0 Å². The van der Waals surface area contributed by atoms with Crippen molar-refractivity contribution in [3.05, 3.63) is 90.9 Å². The van der Waals surface area contributed by atoms with Gasteiger partial charge in [-0.15, -0.1) is 0 Å². The maximum Gasteiger partial charge on any atom is 0.237 e. The Morgan fingerprint density at radius 2 is 1.59 bits per heavy atom. The van der Waals surface area contributed by atoms with Crippen LogP contribution >= 0.6 is 0 Å². The van der Waals surface area contributed by atoms with Crippen molar-refractivity contribution in [2.24, 2.45) is 4.99 Å². The quantitative estimate of drug-likeness (QED) is 0.687. The third kappa shape index (κ3) is 3.62. The number of nitrogens with zero attached hydrogens (tertiary/aromatic N) is 2. The first-order valence-corrected chi connectivity index (χ1v) is 12.2. The van der Waals surface area contributed by atoms with E-state index >= 15 is 0 Å². The van der Waals surface area contributed by atoms with E-state index < -0.39 is 19.7 Å². The van der Waals surface area contributed by atoms with Crippen LogP contribution in [0.3, 0.4) is 0 Å². The zero-order valence-electron chi connectivity index (χ0n) is 15.6. The van der Waals surface area contributed by atoms with Crippen LogP contribution < -0.4 is 0 Å². The van der Waals surface area contributed by atoms with Crippen molar-refractivity contribution in [1.29, 1.82) is 0 Å². The Bertz CT molecular complexity index is 1300. The summed E-state index contributed by atoms with van der Waals surface area (Å²) in [6, 6.07) is 12.1. The summed E-state index contributed by atoms with van der Waals surface area (Å²) in [5.41, 5.74) is 0.952. The van der Waals surface area contributed by atoms with E-state index in [1.54, 1.807) is 30.5 Å². The minimum atomic E-state index is -3.82. The fourth-order valence-electron chi connectivity index (χ4n) is 3.34. The monoisotopic (exact) mass is 427 g/mol. The highest BCUT2D eigenvalue weighted by atomic mass is 32.2. The first-order valence-electron chi connectivity index (χ1n) is 8.84. The highest BCUT2D eigenvalue weighted by Crippen LogP contribution is 2.28. The smallest absolute Gasteiger partial charge is 0.224 e. The van der Waals surface area contributed by atoms with Gasteiger partial charge in [-0.2, -0.15) is 4.99 Å². The number of amidine groups is 1. The van der Waals surface area contributed by atoms with E-state index in [0.29, 0.717) is 11.0 Å². The molecule has 29 heavy (non-hydrogen) atoms. The number of hydrogen-bond donors (Lipinski definition) is 0. The first-order chi connectivity index (χ1) is 13.7. The van der Waals surface area contributed by atoms with Gasteiger partial charge in [-0.05, 0) is 42.5 Å². The lowest BCUT2D eigenvalue weighted by molar-refractivity contribution is -0.743. The van der Waals surface area contributed by atoms with E-state index in [1.807, 2.05) is 30.6 Å². The summed E-state index contributed by atoms with van der Waals surface area (Å²) < 4.78 is 49.9. The van der Waals surface area contributed by atoms with Gasteiger partial charge in [0, 0.05) is 17.9 Å². The SMILES string of the molecule is CS(=O)(=O)c1cccc(S(=O)(=O)c2ccc(C[N+]34C=CC=CC3=NC=C4)cc2)c1. The molecule has 0 fully saturated rings. The van der Waals surface area contributed by atoms with Gasteiger partial charge >= 0.3 is 0 Å². The summed E-state index contributed by atoms with van der Waals surface area (Å²) in [6.07, 6.45) is 12.7. The second kappa shape index (κ2) is 6.91. The van der Waals surface area contributed by atoms with Gasteiger partial charge in [0.2, 0.25) is 15.7 Å². The van der Waals surface area contributed by atoms with Crippen LogP contribution in [0.2, 0.25) is 0 Å². The van der Waals surface area contributed by atoms with E-state index in [9.17, 15) is 16.8 Å². The molecule has 6 nitrogen and oxygen atoms in total. The molecule has 0 amide bonds. The van der Waals surface area contributed by atoms with E-state index in [0.717, 1.165) is 17.7 Å². The van der Waals surface area contributed by atoms with Gasteiger partial charge < -0.3 is 0 Å². The van der Waals surface area contributed by atoms with Crippen LogP contribution in [0, 0.1) is 0 Å². The van der Waals surface area contributed by atoms with Crippen molar-refractivity contribution >= 4 is 25.5 Å². The number of benzene rings is 2. The van der Waals surface area contributed by atoms with Gasteiger partial charge in [-0.1, -0.05) is 18.2 Å². The minimum absolute atomic E-state index is 0.0245. The minimum Gasteiger partial charge on any atom is -0.224 e. The molecule has 0 spiro atoms. The maximum atomic E-state index is 12.9. The van der Waals surface area contributed by atoms with Gasteiger partial charge in [0.15, 0.2) is 9.84 Å². The van der Waals surface area contributed by atoms with Gasteiger partial charge in [0.1, 0.15) is 18.9 Å².